The average molecular weight is 329 g/mol. The minimum absolute atomic E-state index is 0.815. The Balaban J connectivity index is 1.61. The van der Waals surface area contributed by atoms with E-state index in [9.17, 15) is 0 Å². The lowest BCUT2D eigenvalue weighted by Crippen LogP contribution is -1.97. The summed E-state index contributed by atoms with van der Waals surface area (Å²) < 4.78 is 11.0. The van der Waals surface area contributed by atoms with Gasteiger partial charge in [-0.2, -0.15) is 0 Å². The maximum Gasteiger partial charge on any atom is 0.145 e. The Morgan fingerprint density at radius 1 is 0.880 bits per heavy atom. The van der Waals surface area contributed by atoms with Gasteiger partial charge in [-0.05, 0) is 42.7 Å². The second-order valence-electron chi connectivity index (χ2n) is 5.97. The van der Waals surface area contributed by atoms with Crippen molar-refractivity contribution in [1.82, 2.24) is 4.98 Å². The highest BCUT2D eigenvalue weighted by atomic mass is 16.5. The third kappa shape index (κ3) is 3.13. The zero-order valence-corrected chi connectivity index (χ0v) is 14.1. The smallest absolute Gasteiger partial charge is 0.145 e. The maximum atomic E-state index is 5.57. The van der Waals surface area contributed by atoms with E-state index in [0.717, 1.165) is 46.5 Å². The van der Waals surface area contributed by atoms with Crippen LogP contribution in [-0.2, 0) is 12.8 Å². The maximum absolute atomic E-state index is 5.57. The van der Waals surface area contributed by atoms with Crippen molar-refractivity contribution in [3.05, 3.63) is 84.3 Å². The standard InChI is InChI=1S/C22H19NO2/c1-24-21-9-4-7-17-12-14-18(23-22(17)21)13-11-16-6-2-3-8-19(16)20-10-5-15-25-20/h2-10,12,14-15H,11,13H2,1H3. The van der Waals surface area contributed by atoms with Crippen LogP contribution in [0.4, 0.5) is 0 Å². The van der Waals surface area contributed by atoms with Gasteiger partial charge in [-0.1, -0.05) is 42.5 Å². The summed E-state index contributed by atoms with van der Waals surface area (Å²) in [6.45, 7) is 0. The first-order chi connectivity index (χ1) is 12.3. The molecule has 4 rings (SSSR count). The van der Waals surface area contributed by atoms with Crippen LogP contribution in [0.3, 0.4) is 0 Å². The fourth-order valence-corrected chi connectivity index (χ4v) is 3.14. The fraction of sp³-hybridized carbons (Fsp3) is 0.136. The second-order valence-corrected chi connectivity index (χ2v) is 5.97. The van der Waals surface area contributed by atoms with Crippen LogP contribution in [0.1, 0.15) is 11.3 Å². The molecule has 0 saturated heterocycles. The summed E-state index contributed by atoms with van der Waals surface area (Å²) in [6.07, 6.45) is 3.49. The van der Waals surface area contributed by atoms with Crippen molar-refractivity contribution >= 4 is 10.9 Å². The number of nitrogens with zero attached hydrogens (tertiary/aromatic N) is 1. The normalized spacial score (nSPS) is 10.9. The molecule has 0 N–H and O–H groups in total. The van der Waals surface area contributed by atoms with Gasteiger partial charge in [0.05, 0.1) is 13.4 Å². The van der Waals surface area contributed by atoms with Gasteiger partial charge >= 0.3 is 0 Å². The third-order valence-electron chi connectivity index (χ3n) is 4.42. The summed E-state index contributed by atoms with van der Waals surface area (Å²) in [5.74, 6) is 1.72. The first kappa shape index (κ1) is 15.5. The third-order valence-corrected chi connectivity index (χ3v) is 4.42. The van der Waals surface area contributed by atoms with Crippen LogP contribution in [0, 0.1) is 0 Å². The summed E-state index contributed by atoms with van der Waals surface area (Å²) in [7, 11) is 1.68. The highest BCUT2D eigenvalue weighted by molar-refractivity contribution is 5.84. The number of furan rings is 1. The van der Waals surface area contributed by atoms with E-state index >= 15 is 0 Å². The van der Waals surface area contributed by atoms with E-state index in [-0.39, 0.29) is 0 Å². The minimum Gasteiger partial charge on any atom is -0.494 e. The summed E-state index contributed by atoms with van der Waals surface area (Å²) in [6, 6.07) is 22.5. The summed E-state index contributed by atoms with van der Waals surface area (Å²) in [5.41, 5.74) is 4.39. The Morgan fingerprint density at radius 2 is 1.80 bits per heavy atom. The van der Waals surface area contributed by atoms with Gasteiger partial charge < -0.3 is 9.15 Å². The predicted molar refractivity (Wildman–Crippen MR) is 99.8 cm³/mol. The van der Waals surface area contributed by atoms with Crippen molar-refractivity contribution in [2.45, 2.75) is 12.8 Å². The van der Waals surface area contributed by atoms with E-state index in [1.807, 2.05) is 30.3 Å². The quantitative estimate of drug-likeness (QED) is 0.499. The number of ether oxygens (including phenoxy) is 1. The Morgan fingerprint density at radius 3 is 2.64 bits per heavy atom. The van der Waals surface area contributed by atoms with Gasteiger partial charge in [0.25, 0.3) is 0 Å². The Hall–Kier alpha value is -3.07. The molecule has 0 bridgehead atoms. The van der Waals surface area contributed by atoms with Crippen LogP contribution >= 0.6 is 0 Å². The lowest BCUT2D eigenvalue weighted by atomic mass is 10.00. The van der Waals surface area contributed by atoms with Gasteiger partial charge in [0.15, 0.2) is 0 Å². The molecule has 0 aliphatic carbocycles. The number of hydrogen-bond acceptors (Lipinski definition) is 3. The molecule has 0 saturated carbocycles. The SMILES string of the molecule is COc1cccc2ccc(CCc3ccccc3-c3ccco3)nc12. The van der Waals surface area contributed by atoms with Gasteiger partial charge in [-0.15, -0.1) is 0 Å². The van der Waals surface area contributed by atoms with Gasteiger partial charge in [0.1, 0.15) is 17.0 Å². The number of pyridine rings is 1. The molecule has 0 aliphatic rings. The molecule has 25 heavy (non-hydrogen) atoms. The van der Waals surface area contributed by atoms with Crippen LogP contribution in [0.25, 0.3) is 22.2 Å². The zero-order chi connectivity index (χ0) is 17.1. The second kappa shape index (κ2) is 6.81. The summed E-state index contributed by atoms with van der Waals surface area (Å²) in [4.78, 5) is 4.81. The topological polar surface area (TPSA) is 35.3 Å². The number of para-hydroxylation sites is 1. The predicted octanol–water partition coefficient (Wildman–Crippen LogP) is 5.29. The summed E-state index contributed by atoms with van der Waals surface area (Å²) >= 11 is 0. The highest BCUT2D eigenvalue weighted by Gasteiger charge is 2.09. The van der Waals surface area contributed by atoms with E-state index < -0.39 is 0 Å². The number of hydrogen-bond donors (Lipinski definition) is 0. The van der Waals surface area contributed by atoms with Crippen molar-refractivity contribution < 1.29 is 9.15 Å². The molecule has 0 fully saturated rings. The number of aryl methyl sites for hydroxylation is 2. The Labute approximate surface area is 146 Å². The van der Waals surface area contributed by atoms with Gasteiger partial charge in [0, 0.05) is 16.6 Å². The number of aromatic nitrogens is 1. The Bertz CT molecular complexity index is 990. The van der Waals surface area contributed by atoms with Crippen LogP contribution < -0.4 is 4.74 Å². The molecule has 2 heterocycles. The van der Waals surface area contributed by atoms with Crippen LogP contribution in [0.5, 0.6) is 5.75 Å². The average Bonchev–Trinajstić information content (AvgIpc) is 3.20. The van der Waals surface area contributed by atoms with Crippen LogP contribution in [0.15, 0.2) is 77.4 Å². The molecule has 4 aromatic rings. The molecule has 3 heteroatoms. The van der Waals surface area contributed by atoms with E-state index in [1.54, 1.807) is 13.4 Å². The molecule has 124 valence electrons. The largest absolute Gasteiger partial charge is 0.494 e. The van der Waals surface area contributed by atoms with E-state index in [1.165, 1.54) is 5.56 Å². The highest BCUT2D eigenvalue weighted by Crippen LogP contribution is 2.26. The van der Waals surface area contributed by atoms with Crippen molar-refractivity contribution in [3.63, 3.8) is 0 Å². The van der Waals surface area contributed by atoms with Gasteiger partial charge in [0.2, 0.25) is 0 Å². The van der Waals surface area contributed by atoms with Crippen molar-refractivity contribution in [2.75, 3.05) is 7.11 Å². The van der Waals surface area contributed by atoms with E-state index in [4.69, 9.17) is 14.1 Å². The van der Waals surface area contributed by atoms with Crippen molar-refractivity contribution in [3.8, 4) is 17.1 Å². The van der Waals surface area contributed by atoms with Crippen LogP contribution in [-0.4, -0.2) is 12.1 Å². The molecule has 0 amide bonds. The zero-order valence-electron chi connectivity index (χ0n) is 14.1. The molecule has 0 aliphatic heterocycles. The monoisotopic (exact) mass is 329 g/mol. The molecular weight excluding hydrogens is 310 g/mol. The number of methoxy groups -OCH3 is 1. The van der Waals surface area contributed by atoms with Crippen LogP contribution in [0.2, 0.25) is 0 Å². The number of rotatable bonds is 5. The molecule has 3 nitrogen and oxygen atoms in total. The van der Waals surface area contributed by atoms with Gasteiger partial charge in [-0.25, -0.2) is 4.98 Å². The molecule has 0 spiro atoms. The molecule has 0 radical (unpaired) electrons. The first-order valence-electron chi connectivity index (χ1n) is 8.39. The van der Waals surface area contributed by atoms with Gasteiger partial charge in [-0.3, -0.25) is 0 Å². The molecule has 2 aromatic carbocycles. The van der Waals surface area contributed by atoms with E-state index in [2.05, 4.69) is 36.4 Å². The van der Waals surface area contributed by atoms with Crippen molar-refractivity contribution in [2.24, 2.45) is 0 Å². The minimum atomic E-state index is 0.815. The molecular formula is C22H19NO2. The molecule has 2 aromatic heterocycles. The van der Waals surface area contributed by atoms with Crippen molar-refractivity contribution in [1.29, 1.82) is 0 Å². The lowest BCUT2D eigenvalue weighted by molar-refractivity contribution is 0.419. The summed E-state index contributed by atoms with van der Waals surface area (Å²) in [5, 5.41) is 1.10. The Kier molecular flexibility index (Phi) is 4.21. The lowest BCUT2D eigenvalue weighted by Gasteiger charge is -2.09. The number of fused-ring (bicyclic) bond motifs is 1. The fourth-order valence-electron chi connectivity index (χ4n) is 3.14. The molecule has 0 atom stereocenters. The first-order valence-corrected chi connectivity index (χ1v) is 8.39. The van der Waals surface area contributed by atoms with E-state index in [0.29, 0.717) is 0 Å². The number of benzene rings is 2. The molecule has 0 unspecified atom stereocenters.